The maximum atomic E-state index is 13.5. The Labute approximate surface area is 136 Å². The number of benzene rings is 1. The summed E-state index contributed by atoms with van der Waals surface area (Å²) < 4.78 is 13.5. The smallest absolute Gasteiger partial charge is 0.277 e. The third kappa shape index (κ3) is 3.46. The summed E-state index contributed by atoms with van der Waals surface area (Å²) in [7, 11) is 0. The first kappa shape index (κ1) is 15.8. The molecule has 23 heavy (non-hydrogen) atoms. The number of amides is 1. The lowest BCUT2D eigenvalue weighted by Crippen LogP contribution is -2.25. The fourth-order valence-electron chi connectivity index (χ4n) is 2.53. The zero-order valence-electron chi connectivity index (χ0n) is 12.2. The Kier molecular flexibility index (Phi) is 4.49. The minimum absolute atomic E-state index is 0.00147. The molecule has 1 aliphatic rings. The van der Waals surface area contributed by atoms with Crippen LogP contribution in [0.25, 0.3) is 10.4 Å². The summed E-state index contributed by atoms with van der Waals surface area (Å²) in [6.45, 7) is 0.870. The lowest BCUT2D eigenvalue weighted by atomic mass is 10.0. The van der Waals surface area contributed by atoms with E-state index in [0.717, 1.165) is 30.7 Å². The predicted octanol–water partition coefficient (Wildman–Crippen LogP) is 2.19. The molecule has 1 amide bonds. The number of aromatic nitrogens is 1. The first-order valence-corrected chi connectivity index (χ1v) is 8.05. The van der Waals surface area contributed by atoms with Gasteiger partial charge in [-0.05, 0) is 37.1 Å². The minimum Gasteiger partial charge on any atom is -0.364 e. The molecule has 5 nitrogen and oxygen atoms in total. The van der Waals surface area contributed by atoms with Crippen LogP contribution in [0, 0.1) is 12.2 Å². The Bertz CT molecular complexity index is 754. The van der Waals surface area contributed by atoms with Crippen LogP contribution in [0.15, 0.2) is 24.3 Å². The molecule has 1 aromatic carbocycles. The zero-order chi connectivity index (χ0) is 16.4. The van der Waals surface area contributed by atoms with E-state index in [-0.39, 0.29) is 22.5 Å². The molecule has 0 saturated carbocycles. The fourth-order valence-corrected chi connectivity index (χ4v) is 3.45. The van der Waals surface area contributed by atoms with E-state index < -0.39 is 11.7 Å². The van der Waals surface area contributed by atoms with Gasteiger partial charge in [-0.3, -0.25) is 9.59 Å². The summed E-state index contributed by atoms with van der Waals surface area (Å²) in [5.74, 6) is -1.41. The third-order valence-corrected chi connectivity index (χ3v) is 4.73. The minimum atomic E-state index is -0.703. The highest BCUT2D eigenvalue weighted by molar-refractivity contribution is 7.17. The molecule has 3 rings (SSSR count). The highest BCUT2D eigenvalue weighted by Gasteiger charge is 2.25. The van der Waals surface area contributed by atoms with Crippen LogP contribution in [0.3, 0.4) is 0 Å². The number of ketones is 1. The number of Topliss-reactive ketones (excluding diaryl/α,β-unsaturated/α-hetero) is 1. The van der Waals surface area contributed by atoms with Gasteiger partial charge in [0.05, 0.1) is 11.3 Å². The van der Waals surface area contributed by atoms with Crippen molar-refractivity contribution in [1.82, 2.24) is 10.3 Å². The number of rotatable bonds is 5. The summed E-state index contributed by atoms with van der Waals surface area (Å²) in [6, 6.07) is 5.84. The quantitative estimate of drug-likeness (QED) is 0.822. The van der Waals surface area contributed by atoms with E-state index in [4.69, 9.17) is 5.73 Å². The van der Waals surface area contributed by atoms with Crippen LogP contribution in [-0.4, -0.2) is 29.3 Å². The van der Waals surface area contributed by atoms with Gasteiger partial charge in [0, 0.05) is 6.04 Å². The predicted molar refractivity (Wildman–Crippen MR) is 85.7 cm³/mol. The van der Waals surface area contributed by atoms with Gasteiger partial charge in [0.25, 0.3) is 5.91 Å². The molecule has 7 heteroatoms. The number of hydrogen-bond donors (Lipinski definition) is 2. The van der Waals surface area contributed by atoms with Crippen molar-refractivity contribution < 1.29 is 14.0 Å². The van der Waals surface area contributed by atoms with Gasteiger partial charge >= 0.3 is 0 Å². The van der Waals surface area contributed by atoms with Crippen molar-refractivity contribution >= 4 is 23.0 Å². The normalized spacial score (nSPS) is 17.3. The summed E-state index contributed by atoms with van der Waals surface area (Å²) in [6.07, 6.45) is 3.46. The van der Waals surface area contributed by atoms with Gasteiger partial charge in [-0.2, -0.15) is 0 Å². The van der Waals surface area contributed by atoms with Crippen molar-refractivity contribution in [2.75, 3.05) is 6.54 Å². The average Bonchev–Trinajstić information content (AvgIpc) is 3.16. The second-order valence-electron chi connectivity index (χ2n) is 5.31. The van der Waals surface area contributed by atoms with Crippen molar-refractivity contribution in [2.45, 2.75) is 18.9 Å². The highest BCUT2D eigenvalue weighted by atomic mass is 32.1. The molecule has 1 aromatic heterocycles. The van der Waals surface area contributed by atoms with E-state index in [1.165, 1.54) is 12.1 Å². The van der Waals surface area contributed by atoms with Gasteiger partial charge in [0.15, 0.2) is 10.8 Å². The number of primary amides is 1. The number of nitrogens with two attached hydrogens (primary N) is 1. The molecular weight excluding hydrogens is 317 g/mol. The number of carbonyl (C=O) groups excluding carboxylic acids is 2. The van der Waals surface area contributed by atoms with Gasteiger partial charge in [-0.1, -0.05) is 12.1 Å². The van der Waals surface area contributed by atoms with Crippen molar-refractivity contribution in [3.8, 4) is 10.4 Å². The third-order valence-electron chi connectivity index (χ3n) is 3.61. The van der Waals surface area contributed by atoms with Crippen LogP contribution < -0.4 is 11.1 Å². The standard InChI is InChI=1S/C16H15FN3O2S/c17-10-4-1-3-9(7-10)14-13(20-16(23-14)15(18)22)12(21)8-11-5-2-6-19-11/h1,3-4,7-8,11,19H,2,5-6H2,(H2,18,22). The lowest BCUT2D eigenvalue weighted by molar-refractivity contribution is 0.1000. The Hall–Kier alpha value is -2.12. The van der Waals surface area contributed by atoms with E-state index in [1.54, 1.807) is 18.6 Å². The molecule has 1 saturated heterocycles. The summed E-state index contributed by atoms with van der Waals surface area (Å²) in [5.41, 5.74) is 5.92. The number of hydrogen-bond acceptors (Lipinski definition) is 5. The molecule has 1 unspecified atom stereocenters. The van der Waals surface area contributed by atoms with Gasteiger partial charge in [-0.15, -0.1) is 11.3 Å². The van der Waals surface area contributed by atoms with E-state index in [9.17, 15) is 14.0 Å². The van der Waals surface area contributed by atoms with E-state index in [1.807, 2.05) is 0 Å². The fraction of sp³-hybridized carbons (Fsp3) is 0.250. The Morgan fingerprint density at radius 1 is 1.43 bits per heavy atom. The molecule has 1 radical (unpaired) electrons. The number of carbonyl (C=O) groups is 2. The average molecular weight is 332 g/mol. The topological polar surface area (TPSA) is 85.1 Å². The molecule has 0 aliphatic carbocycles. The molecule has 119 valence electrons. The number of thiazole rings is 1. The maximum Gasteiger partial charge on any atom is 0.277 e. The molecule has 1 aliphatic heterocycles. The maximum absolute atomic E-state index is 13.5. The molecule has 0 bridgehead atoms. The van der Waals surface area contributed by atoms with Crippen LogP contribution in [0.5, 0.6) is 0 Å². The van der Waals surface area contributed by atoms with Crippen molar-refractivity contribution in [2.24, 2.45) is 5.73 Å². The van der Waals surface area contributed by atoms with E-state index in [2.05, 4.69) is 10.3 Å². The SMILES string of the molecule is NC(=O)c1nc(C(=O)[CH]C2CCCN2)c(-c2cccc(F)c2)s1. The molecule has 0 spiro atoms. The van der Waals surface area contributed by atoms with E-state index in [0.29, 0.717) is 10.4 Å². The zero-order valence-corrected chi connectivity index (χ0v) is 13.0. The number of nitrogens with zero attached hydrogens (tertiary/aromatic N) is 1. The molecular formula is C16H15FN3O2S. The molecule has 3 N–H and O–H groups in total. The van der Waals surface area contributed by atoms with Crippen molar-refractivity contribution in [1.29, 1.82) is 0 Å². The van der Waals surface area contributed by atoms with Crippen LogP contribution in [0.1, 0.15) is 33.1 Å². The monoisotopic (exact) mass is 332 g/mol. The van der Waals surface area contributed by atoms with Crippen LogP contribution >= 0.6 is 11.3 Å². The highest BCUT2D eigenvalue weighted by Crippen LogP contribution is 2.32. The molecule has 1 atom stereocenters. The van der Waals surface area contributed by atoms with Gasteiger partial charge in [-0.25, -0.2) is 9.37 Å². The molecule has 2 aromatic rings. The van der Waals surface area contributed by atoms with Gasteiger partial charge in [0.1, 0.15) is 11.5 Å². The van der Waals surface area contributed by atoms with E-state index >= 15 is 0 Å². The summed E-state index contributed by atoms with van der Waals surface area (Å²) in [4.78, 5) is 28.4. The number of nitrogens with one attached hydrogen (secondary N) is 1. The van der Waals surface area contributed by atoms with Gasteiger partial charge in [0.2, 0.25) is 0 Å². The van der Waals surface area contributed by atoms with Crippen LogP contribution in [0.2, 0.25) is 0 Å². The molecule has 2 heterocycles. The number of halogens is 1. The second kappa shape index (κ2) is 6.55. The van der Waals surface area contributed by atoms with Crippen LogP contribution in [0.4, 0.5) is 4.39 Å². The lowest BCUT2D eigenvalue weighted by Gasteiger charge is -2.08. The summed E-state index contributed by atoms with van der Waals surface area (Å²) >= 11 is 1.00. The first-order valence-electron chi connectivity index (χ1n) is 7.24. The van der Waals surface area contributed by atoms with Crippen molar-refractivity contribution in [3.05, 3.63) is 47.2 Å². The molecule has 1 fully saturated rings. The van der Waals surface area contributed by atoms with Crippen LogP contribution in [-0.2, 0) is 0 Å². The summed E-state index contributed by atoms with van der Waals surface area (Å²) in [5, 5.41) is 3.24. The Morgan fingerprint density at radius 3 is 2.91 bits per heavy atom. The van der Waals surface area contributed by atoms with Crippen molar-refractivity contribution in [3.63, 3.8) is 0 Å². The largest absolute Gasteiger partial charge is 0.364 e. The Morgan fingerprint density at radius 2 is 2.26 bits per heavy atom. The second-order valence-corrected chi connectivity index (χ2v) is 6.30. The first-order chi connectivity index (χ1) is 11.0. The van der Waals surface area contributed by atoms with Gasteiger partial charge < -0.3 is 11.1 Å². The Balaban J connectivity index is 1.97.